The van der Waals surface area contributed by atoms with Gasteiger partial charge in [0.15, 0.2) is 0 Å². The van der Waals surface area contributed by atoms with Crippen molar-refractivity contribution in [2.45, 2.75) is 38.0 Å². The fraction of sp³-hybridized carbons (Fsp3) is 0.476. The second kappa shape index (κ2) is 8.01. The van der Waals surface area contributed by atoms with Gasteiger partial charge in [-0.2, -0.15) is 10.4 Å². The molecule has 0 spiro atoms. The summed E-state index contributed by atoms with van der Waals surface area (Å²) in [5.74, 6) is 0.0144. The van der Waals surface area contributed by atoms with E-state index in [9.17, 15) is 9.18 Å². The summed E-state index contributed by atoms with van der Waals surface area (Å²) in [6.45, 7) is 2.14. The molecule has 1 saturated carbocycles. The smallest absolute Gasteiger partial charge is 0.274 e. The van der Waals surface area contributed by atoms with E-state index in [1.165, 1.54) is 25.3 Å². The van der Waals surface area contributed by atoms with E-state index in [1.54, 1.807) is 17.0 Å². The molecule has 1 aromatic carbocycles. The van der Waals surface area contributed by atoms with E-state index in [-0.39, 0.29) is 5.91 Å². The molecule has 0 radical (unpaired) electrons. The summed E-state index contributed by atoms with van der Waals surface area (Å²) in [6.07, 6.45) is 6.08. The summed E-state index contributed by atoms with van der Waals surface area (Å²) in [6, 6.07) is 8.36. The maximum Gasteiger partial charge on any atom is 0.274 e. The van der Waals surface area contributed by atoms with Crippen LogP contribution >= 0.6 is 0 Å². The number of nitrogens with one attached hydrogen (secondary N) is 1. The largest absolute Gasteiger partial charge is 0.366 e. The number of carbonyl (C=O) groups is 1. The lowest BCUT2D eigenvalue weighted by molar-refractivity contribution is 0.0740. The van der Waals surface area contributed by atoms with Crippen molar-refractivity contribution >= 4 is 11.6 Å². The van der Waals surface area contributed by atoms with Gasteiger partial charge in [0.05, 0.1) is 17.3 Å². The van der Waals surface area contributed by atoms with Gasteiger partial charge < -0.3 is 9.80 Å². The van der Waals surface area contributed by atoms with Crippen LogP contribution in [-0.4, -0.2) is 47.2 Å². The SMILES string of the molecule is N#Cc1ccc(N2CCN(C(=O)c3cc(C4CCCCC4)[nH]n3)CC2)c(F)c1. The maximum atomic E-state index is 14.2. The van der Waals surface area contributed by atoms with Crippen molar-refractivity contribution in [2.75, 3.05) is 31.1 Å². The van der Waals surface area contributed by atoms with Gasteiger partial charge in [0.2, 0.25) is 0 Å². The van der Waals surface area contributed by atoms with Gasteiger partial charge in [-0.05, 0) is 37.1 Å². The average molecular weight is 381 g/mol. The van der Waals surface area contributed by atoms with Gasteiger partial charge in [0.25, 0.3) is 5.91 Å². The molecule has 7 heteroatoms. The lowest BCUT2D eigenvalue weighted by atomic mass is 9.87. The number of amides is 1. The molecule has 1 saturated heterocycles. The third kappa shape index (κ3) is 3.72. The van der Waals surface area contributed by atoms with E-state index in [0.29, 0.717) is 49.0 Å². The Morgan fingerprint density at radius 3 is 2.57 bits per heavy atom. The van der Waals surface area contributed by atoms with E-state index < -0.39 is 5.82 Å². The van der Waals surface area contributed by atoms with Gasteiger partial charge in [-0.25, -0.2) is 4.39 Å². The number of aromatic amines is 1. The van der Waals surface area contributed by atoms with Gasteiger partial charge in [0, 0.05) is 37.8 Å². The summed E-state index contributed by atoms with van der Waals surface area (Å²) >= 11 is 0. The Bertz CT molecular complexity index is 888. The summed E-state index contributed by atoms with van der Waals surface area (Å²) in [5, 5.41) is 16.2. The highest BCUT2D eigenvalue weighted by molar-refractivity contribution is 5.92. The molecule has 0 unspecified atom stereocenters. The highest BCUT2D eigenvalue weighted by Crippen LogP contribution is 2.32. The molecular formula is C21H24FN5O. The first-order valence-corrected chi connectivity index (χ1v) is 9.95. The number of nitrogens with zero attached hydrogens (tertiary/aromatic N) is 4. The van der Waals surface area contributed by atoms with Crippen molar-refractivity contribution in [1.29, 1.82) is 5.26 Å². The van der Waals surface area contributed by atoms with Crippen LogP contribution in [0.1, 0.15) is 59.8 Å². The maximum absolute atomic E-state index is 14.2. The number of nitriles is 1. The minimum atomic E-state index is -0.400. The molecule has 0 bridgehead atoms. The molecule has 1 aliphatic heterocycles. The molecule has 2 fully saturated rings. The molecule has 2 aliphatic rings. The van der Waals surface area contributed by atoms with Crippen LogP contribution in [0.25, 0.3) is 0 Å². The van der Waals surface area contributed by atoms with Crippen molar-refractivity contribution < 1.29 is 9.18 Å². The first-order valence-electron chi connectivity index (χ1n) is 9.95. The molecule has 1 aliphatic carbocycles. The Morgan fingerprint density at radius 1 is 1.14 bits per heavy atom. The topological polar surface area (TPSA) is 76.0 Å². The predicted molar refractivity (Wildman–Crippen MR) is 104 cm³/mol. The predicted octanol–water partition coefficient (Wildman–Crippen LogP) is 3.43. The van der Waals surface area contributed by atoms with Gasteiger partial charge in [-0.15, -0.1) is 0 Å². The third-order valence-corrected chi connectivity index (χ3v) is 5.85. The molecule has 146 valence electrons. The van der Waals surface area contributed by atoms with Gasteiger partial charge in [-0.3, -0.25) is 9.89 Å². The number of hydrogen-bond acceptors (Lipinski definition) is 4. The number of benzene rings is 1. The molecule has 1 amide bonds. The summed E-state index contributed by atoms with van der Waals surface area (Å²) in [7, 11) is 0. The lowest BCUT2D eigenvalue weighted by Crippen LogP contribution is -2.49. The number of anilines is 1. The Kier molecular flexibility index (Phi) is 5.29. The van der Waals surface area contributed by atoms with E-state index in [2.05, 4.69) is 10.2 Å². The monoisotopic (exact) mass is 381 g/mol. The van der Waals surface area contributed by atoms with E-state index in [0.717, 1.165) is 18.5 Å². The summed E-state index contributed by atoms with van der Waals surface area (Å²) in [4.78, 5) is 16.5. The number of carbonyl (C=O) groups excluding carboxylic acids is 1. The average Bonchev–Trinajstić information content (AvgIpc) is 3.24. The molecule has 28 heavy (non-hydrogen) atoms. The van der Waals surface area contributed by atoms with Crippen LogP contribution in [0.15, 0.2) is 24.3 Å². The van der Waals surface area contributed by atoms with Crippen LogP contribution < -0.4 is 4.90 Å². The Morgan fingerprint density at radius 2 is 1.89 bits per heavy atom. The fourth-order valence-corrected chi connectivity index (χ4v) is 4.21. The summed E-state index contributed by atoms with van der Waals surface area (Å²) < 4.78 is 14.2. The van der Waals surface area contributed by atoms with Crippen molar-refractivity contribution in [3.8, 4) is 6.07 Å². The number of piperazine rings is 1. The van der Waals surface area contributed by atoms with E-state index in [4.69, 9.17) is 5.26 Å². The fourth-order valence-electron chi connectivity index (χ4n) is 4.21. The molecule has 6 nitrogen and oxygen atoms in total. The Labute approximate surface area is 163 Å². The Balaban J connectivity index is 1.38. The van der Waals surface area contributed by atoms with Gasteiger partial charge in [-0.1, -0.05) is 19.3 Å². The second-order valence-corrected chi connectivity index (χ2v) is 7.60. The van der Waals surface area contributed by atoms with Gasteiger partial charge >= 0.3 is 0 Å². The first-order chi connectivity index (χ1) is 13.7. The third-order valence-electron chi connectivity index (χ3n) is 5.85. The zero-order chi connectivity index (χ0) is 19.5. The standard InChI is InChI=1S/C21H24FN5O/c22-17-12-15(14-23)6-7-20(17)26-8-10-27(11-9-26)21(28)19-13-18(24-25-19)16-4-2-1-3-5-16/h6-7,12-13,16H,1-5,8-11H2,(H,24,25). The number of halogens is 1. The lowest BCUT2D eigenvalue weighted by Gasteiger charge is -2.36. The zero-order valence-electron chi connectivity index (χ0n) is 15.8. The number of hydrogen-bond donors (Lipinski definition) is 1. The second-order valence-electron chi connectivity index (χ2n) is 7.60. The highest BCUT2D eigenvalue weighted by atomic mass is 19.1. The van der Waals surface area contributed by atoms with Crippen LogP contribution in [0, 0.1) is 17.1 Å². The number of aromatic nitrogens is 2. The van der Waals surface area contributed by atoms with E-state index >= 15 is 0 Å². The quantitative estimate of drug-likeness (QED) is 0.884. The van der Waals surface area contributed by atoms with Crippen LogP contribution in [0.3, 0.4) is 0 Å². The molecular weight excluding hydrogens is 357 g/mol. The van der Waals surface area contributed by atoms with Crippen LogP contribution in [0.2, 0.25) is 0 Å². The molecule has 2 aromatic rings. The minimum absolute atomic E-state index is 0.0711. The molecule has 4 rings (SSSR count). The minimum Gasteiger partial charge on any atom is -0.366 e. The first kappa shape index (κ1) is 18.5. The van der Waals surface area contributed by atoms with E-state index in [1.807, 2.05) is 17.0 Å². The van der Waals surface area contributed by atoms with Crippen LogP contribution in [-0.2, 0) is 0 Å². The van der Waals surface area contributed by atoms with Crippen LogP contribution in [0.4, 0.5) is 10.1 Å². The molecule has 2 heterocycles. The normalized spacial score (nSPS) is 18.1. The van der Waals surface area contributed by atoms with Crippen LogP contribution in [0.5, 0.6) is 0 Å². The highest BCUT2D eigenvalue weighted by Gasteiger charge is 2.26. The molecule has 0 atom stereocenters. The summed E-state index contributed by atoms with van der Waals surface area (Å²) in [5.41, 5.74) is 2.33. The number of rotatable bonds is 3. The van der Waals surface area contributed by atoms with Crippen molar-refractivity contribution in [2.24, 2.45) is 0 Å². The van der Waals surface area contributed by atoms with Gasteiger partial charge in [0.1, 0.15) is 11.5 Å². The van der Waals surface area contributed by atoms with Crippen molar-refractivity contribution in [3.05, 3.63) is 47.0 Å². The molecule has 1 aromatic heterocycles. The van der Waals surface area contributed by atoms with Crippen molar-refractivity contribution in [3.63, 3.8) is 0 Å². The zero-order valence-corrected chi connectivity index (χ0v) is 15.8. The Hall–Kier alpha value is -2.88. The number of H-pyrrole nitrogens is 1. The van der Waals surface area contributed by atoms with Crippen molar-refractivity contribution in [1.82, 2.24) is 15.1 Å². The molecule has 1 N–H and O–H groups in total.